The van der Waals surface area contributed by atoms with Crippen molar-refractivity contribution in [2.45, 2.75) is 51.0 Å². The van der Waals surface area contributed by atoms with Crippen molar-refractivity contribution >= 4 is 46.2 Å². The molecule has 1 saturated carbocycles. The number of oxazole rings is 1. The van der Waals surface area contributed by atoms with Gasteiger partial charge in [0.25, 0.3) is 18.2 Å². The summed E-state index contributed by atoms with van der Waals surface area (Å²) < 4.78 is 49.1. The highest BCUT2D eigenvalue weighted by Gasteiger charge is 2.32. The lowest BCUT2D eigenvalue weighted by atomic mass is 10.0. The number of amides is 4. The number of nitrogens with zero attached hydrogens (tertiary/aromatic N) is 6. The van der Waals surface area contributed by atoms with Crippen molar-refractivity contribution in [2.24, 2.45) is 13.0 Å². The van der Waals surface area contributed by atoms with E-state index in [0.29, 0.717) is 66.7 Å². The molecule has 334 valence electrons. The summed E-state index contributed by atoms with van der Waals surface area (Å²) in [5, 5.41) is 14.8. The summed E-state index contributed by atoms with van der Waals surface area (Å²) in [4.78, 5) is 71.7. The number of alkyl halides is 2. The Balaban J connectivity index is 0.753. The van der Waals surface area contributed by atoms with Crippen molar-refractivity contribution in [2.75, 3.05) is 50.2 Å². The number of hydrogen-bond acceptors (Lipinski definition) is 12. The number of carbonyl (C=O) groups is 4. The van der Waals surface area contributed by atoms with Gasteiger partial charge < -0.3 is 29.8 Å². The van der Waals surface area contributed by atoms with Crippen LogP contribution in [-0.4, -0.2) is 92.0 Å². The molecule has 1 unspecified atom stereocenters. The minimum Gasteiger partial charge on any atom is -0.444 e. The quantitative estimate of drug-likeness (QED) is 0.0591. The molecule has 4 aromatic heterocycles. The van der Waals surface area contributed by atoms with Gasteiger partial charge in [0.05, 0.1) is 48.4 Å². The van der Waals surface area contributed by atoms with Crippen molar-refractivity contribution in [1.29, 1.82) is 0 Å². The number of anilines is 2. The first-order valence-corrected chi connectivity index (χ1v) is 21.0. The highest BCUT2D eigenvalue weighted by atomic mass is 19.3. The second-order valence-corrected chi connectivity index (χ2v) is 15.5. The molecule has 1 saturated heterocycles. The number of aryl methyl sites for hydroxylation is 2. The molecule has 0 bridgehead atoms. The van der Waals surface area contributed by atoms with Gasteiger partial charge in [0, 0.05) is 50.5 Å². The van der Waals surface area contributed by atoms with Crippen LogP contribution in [0.2, 0.25) is 0 Å². The van der Waals surface area contributed by atoms with E-state index in [1.807, 2.05) is 12.1 Å². The summed E-state index contributed by atoms with van der Waals surface area (Å²) in [6, 6.07) is 14.4. The topological polar surface area (TPSA) is 219 Å². The Morgan fingerprint density at radius 1 is 0.984 bits per heavy atom. The maximum atomic E-state index is 14.0. The zero-order chi connectivity index (χ0) is 44.7. The SMILES string of the molecule is Cn1c(=O)n(C2CCC(=O)NC2=O)c2cccc(CCCOCCOCCNC(=O)c3ccc(-n4cc(NC(=O)c5coc(-c6ccnc(NCC7CC7)c6)n5)c(C(F)F)n4)cc3)c21. The Kier molecular flexibility index (Phi) is 13.3. The van der Waals surface area contributed by atoms with Gasteiger partial charge in [-0.25, -0.2) is 28.2 Å². The number of para-hydroxylation sites is 1. The van der Waals surface area contributed by atoms with Crippen molar-refractivity contribution < 1.29 is 41.8 Å². The van der Waals surface area contributed by atoms with Crippen LogP contribution >= 0.6 is 0 Å². The lowest BCUT2D eigenvalue weighted by Crippen LogP contribution is -2.44. The van der Waals surface area contributed by atoms with Crippen molar-refractivity contribution in [1.82, 2.24) is 39.5 Å². The van der Waals surface area contributed by atoms with Crippen LogP contribution in [0.1, 0.15) is 76.7 Å². The summed E-state index contributed by atoms with van der Waals surface area (Å²) in [7, 11) is 1.67. The normalized spacial score (nSPS) is 15.2. The second kappa shape index (κ2) is 19.5. The molecule has 1 aliphatic heterocycles. The van der Waals surface area contributed by atoms with Gasteiger partial charge in [-0.05, 0) is 86.1 Å². The summed E-state index contributed by atoms with van der Waals surface area (Å²) in [6.07, 6.45) is 5.13. The Bertz CT molecular complexity index is 2720. The zero-order valence-corrected chi connectivity index (χ0v) is 34.9. The highest BCUT2D eigenvalue weighted by Crippen LogP contribution is 2.31. The minimum absolute atomic E-state index is 0.113. The van der Waals surface area contributed by atoms with Gasteiger partial charge >= 0.3 is 5.69 Å². The molecule has 18 nitrogen and oxygen atoms in total. The van der Waals surface area contributed by atoms with Gasteiger partial charge in [0.2, 0.25) is 17.7 Å². The number of imide groups is 1. The number of fused-ring (bicyclic) bond motifs is 1. The van der Waals surface area contributed by atoms with E-state index in [1.165, 1.54) is 45.0 Å². The Morgan fingerprint density at radius 3 is 2.55 bits per heavy atom. The van der Waals surface area contributed by atoms with Crippen LogP contribution < -0.4 is 27.0 Å². The van der Waals surface area contributed by atoms with Gasteiger partial charge in [0.15, 0.2) is 11.4 Å². The number of benzene rings is 2. The minimum atomic E-state index is -3.00. The lowest BCUT2D eigenvalue weighted by molar-refractivity contribution is -0.135. The van der Waals surface area contributed by atoms with E-state index in [0.717, 1.165) is 23.9 Å². The van der Waals surface area contributed by atoms with Crippen LogP contribution in [0.15, 0.2) is 82.5 Å². The number of halogens is 2. The van der Waals surface area contributed by atoms with Crippen molar-refractivity contribution in [3.63, 3.8) is 0 Å². The second-order valence-electron chi connectivity index (χ2n) is 15.5. The van der Waals surface area contributed by atoms with Gasteiger partial charge in [-0.15, -0.1) is 0 Å². The summed E-state index contributed by atoms with van der Waals surface area (Å²) in [5.74, 6) is -0.478. The molecule has 1 atom stereocenters. The molecule has 4 amide bonds. The summed E-state index contributed by atoms with van der Waals surface area (Å²) in [6.45, 7) is 2.38. The maximum Gasteiger partial charge on any atom is 0.329 e. The molecule has 64 heavy (non-hydrogen) atoms. The molecule has 4 N–H and O–H groups in total. The number of piperidine rings is 1. The zero-order valence-electron chi connectivity index (χ0n) is 34.9. The Labute approximate surface area is 364 Å². The van der Waals surface area contributed by atoms with Gasteiger partial charge in [0.1, 0.15) is 18.1 Å². The molecule has 0 spiro atoms. The number of ether oxygens (including phenoxy) is 2. The largest absolute Gasteiger partial charge is 0.444 e. The molecular weight excluding hydrogens is 835 g/mol. The predicted molar refractivity (Wildman–Crippen MR) is 228 cm³/mol. The fourth-order valence-corrected chi connectivity index (χ4v) is 7.45. The summed E-state index contributed by atoms with van der Waals surface area (Å²) in [5.41, 5.74) is 2.33. The number of nitrogens with one attached hydrogen (secondary N) is 4. The fraction of sp³-hybridized carbons (Fsp3) is 0.364. The van der Waals surface area contributed by atoms with E-state index < -0.39 is 30.0 Å². The van der Waals surface area contributed by atoms with E-state index in [-0.39, 0.29) is 60.8 Å². The number of pyridine rings is 1. The number of rotatable bonds is 20. The first-order chi connectivity index (χ1) is 31.0. The molecule has 0 radical (unpaired) electrons. The average Bonchev–Trinajstić information content (AvgIpc) is 3.70. The molecule has 20 heteroatoms. The monoisotopic (exact) mass is 880 g/mol. The molecular formula is C44H46F2N10O8. The smallest absolute Gasteiger partial charge is 0.329 e. The van der Waals surface area contributed by atoms with Crippen molar-refractivity contribution in [3.05, 3.63) is 106 Å². The third-order valence-corrected chi connectivity index (χ3v) is 11.0. The number of aromatic nitrogens is 6. The van der Waals surface area contributed by atoms with Crippen LogP contribution in [0.4, 0.5) is 20.3 Å². The average molecular weight is 881 g/mol. The highest BCUT2D eigenvalue weighted by molar-refractivity contribution is 6.03. The molecule has 2 aliphatic rings. The maximum absolute atomic E-state index is 14.0. The standard InChI is InChI=1S/C44H46F2N10O8/c1-54-38-27(4-2-6-33(38)56(44(54)61)34-13-14-36(57)52-42(34)60)5-3-18-62-20-21-63-19-17-48-40(58)28-9-11-30(12-10-28)55-24-31(37(53-55)39(45)46)50-41(59)32-25-64-43(51-32)29-15-16-47-35(22-29)49-23-26-7-8-26/h2,4,6,9-12,15-16,22,24-26,34,39H,3,5,7-8,13-14,17-21,23H2,1H3,(H,47,49)(H,48,58)(H,50,59)(H,52,57,60). The molecule has 2 fully saturated rings. The van der Waals surface area contributed by atoms with E-state index in [2.05, 4.69) is 36.3 Å². The third kappa shape index (κ3) is 10.1. The first kappa shape index (κ1) is 43.6. The fourth-order valence-electron chi connectivity index (χ4n) is 7.45. The van der Waals surface area contributed by atoms with Gasteiger partial charge in [-0.2, -0.15) is 5.10 Å². The molecule has 2 aromatic carbocycles. The molecule has 5 heterocycles. The Morgan fingerprint density at radius 2 is 1.78 bits per heavy atom. The molecule has 8 rings (SSSR count). The van der Waals surface area contributed by atoms with Crippen LogP contribution in [-0.2, 0) is 32.5 Å². The van der Waals surface area contributed by atoms with Crippen LogP contribution in [0.3, 0.4) is 0 Å². The van der Waals surface area contributed by atoms with Crippen LogP contribution in [0.25, 0.3) is 28.2 Å². The van der Waals surface area contributed by atoms with Crippen molar-refractivity contribution in [3.8, 4) is 17.1 Å². The number of hydrogen-bond donors (Lipinski definition) is 4. The first-order valence-electron chi connectivity index (χ1n) is 21.0. The number of carbonyl (C=O) groups excluding carboxylic acids is 4. The lowest BCUT2D eigenvalue weighted by Gasteiger charge is -2.21. The van der Waals surface area contributed by atoms with Crippen LogP contribution in [0, 0.1) is 5.92 Å². The molecule has 6 aromatic rings. The van der Waals surface area contributed by atoms with Crippen LogP contribution in [0.5, 0.6) is 0 Å². The van der Waals surface area contributed by atoms with E-state index in [1.54, 1.807) is 43.6 Å². The number of imidazole rings is 1. The van der Waals surface area contributed by atoms with E-state index in [4.69, 9.17) is 13.9 Å². The predicted octanol–water partition coefficient (Wildman–Crippen LogP) is 4.96. The summed E-state index contributed by atoms with van der Waals surface area (Å²) >= 11 is 0. The van der Waals surface area contributed by atoms with Gasteiger partial charge in [-0.3, -0.25) is 33.6 Å². The van der Waals surface area contributed by atoms with Gasteiger partial charge in [-0.1, -0.05) is 12.1 Å². The van der Waals surface area contributed by atoms with E-state index >= 15 is 0 Å². The molecule has 1 aliphatic carbocycles. The third-order valence-electron chi connectivity index (χ3n) is 11.0. The Hall–Kier alpha value is -7.06. The van der Waals surface area contributed by atoms with E-state index in [9.17, 15) is 32.8 Å².